The monoisotopic (exact) mass is 327 g/mol. The molecule has 1 aliphatic heterocycles. The number of pyridine rings is 1. The number of rotatable bonds is 3. The fourth-order valence-corrected chi connectivity index (χ4v) is 2.54. The Labute approximate surface area is 141 Å². The Kier molecular flexibility index (Phi) is 4.66. The van der Waals surface area contributed by atoms with E-state index >= 15 is 0 Å². The fraction of sp³-hybridized carbons (Fsp3) is 0.333. The molecule has 6 heteroatoms. The molecule has 0 unspecified atom stereocenters. The maximum absolute atomic E-state index is 12.4. The van der Waals surface area contributed by atoms with Crippen LogP contribution < -0.4 is 10.1 Å². The van der Waals surface area contributed by atoms with Crippen molar-refractivity contribution >= 4 is 11.7 Å². The van der Waals surface area contributed by atoms with E-state index in [9.17, 15) is 4.79 Å². The van der Waals surface area contributed by atoms with Gasteiger partial charge in [0.05, 0.1) is 18.8 Å². The number of amides is 2. The van der Waals surface area contributed by atoms with Crippen LogP contribution in [0.4, 0.5) is 10.5 Å². The number of ether oxygens (including phenoxy) is 2. The van der Waals surface area contributed by atoms with Gasteiger partial charge in [0.25, 0.3) is 0 Å². The molecule has 126 valence electrons. The Bertz CT molecular complexity index is 686. The number of carbonyl (C=O) groups is 1. The first-order valence-electron chi connectivity index (χ1n) is 7.90. The normalized spacial score (nSPS) is 16.5. The maximum Gasteiger partial charge on any atom is 0.322 e. The van der Waals surface area contributed by atoms with Crippen LogP contribution in [0.15, 0.2) is 48.8 Å². The molecular weight excluding hydrogens is 306 g/mol. The number of nitrogens with zero attached hydrogens (tertiary/aromatic N) is 2. The molecular formula is C18H21N3O3. The quantitative estimate of drug-likeness (QED) is 0.937. The summed E-state index contributed by atoms with van der Waals surface area (Å²) in [6, 6.07) is 10.7. The Morgan fingerprint density at radius 2 is 1.83 bits per heavy atom. The first-order chi connectivity index (χ1) is 11.5. The van der Waals surface area contributed by atoms with Crippen molar-refractivity contribution < 1.29 is 14.3 Å². The van der Waals surface area contributed by atoms with Gasteiger partial charge < -0.3 is 19.7 Å². The molecule has 0 saturated carbocycles. The average Bonchev–Trinajstić information content (AvgIpc) is 2.57. The molecule has 1 fully saturated rings. The van der Waals surface area contributed by atoms with Crippen LogP contribution in [0.1, 0.15) is 13.8 Å². The molecule has 1 saturated heterocycles. The lowest BCUT2D eigenvalue weighted by Crippen LogP contribution is -2.51. The lowest BCUT2D eigenvalue weighted by Gasteiger charge is -2.38. The van der Waals surface area contributed by atoms with Gasteiger partial charge in [-0.15, -0.1) is 0 Å². The van der Waals surface area contributed by atoms with Gasteiger partial charge in [-0.05, 0) is 50.2 Å². The zero-order chi connectivity index (χ0) is 17.0. The SMILES string of the molecule is CC1(C)CN(C(=O)Nc2ccc(Oc3ccncc3)cc2)CCO1. The molecule has 0 atom stereocenters. The summed E-state index contributed by atoms with van der Waals surface area (Å²) < 4.78 is 11.3. The summed E-state index contributed by atoms with van der Waals surface area (Å²) in [5.74, 6) is 1.42. The molecule has 2 amide bonds. The van der Waals surface area contributed by atoms with Crippen LogP contribution in [0.2, 0.25) is 0 Å². The lowest BCUT2D eigenvalue weighted by molar-refractivity contribution is -0.0720. The van der Waals surface area contributed by atoms with Gasteiger partial charge in [0.2, 0.25) is 0 Å². The number of anilines is 1. The van der Waals surface area contributed by atoms with Gasteiger partial charge in [0, 0.05) is 24.6 Å². The second-order valence-corrected chi connectivity index (χ2v) is 6.27. The summed E-state index contributed by atoms with van der Waals surface area (Å²) in [5, 5.41) is 2.91. The molecule has 2 aromatic rings. The first kappa shape index (κ1) is 16.3. The van der Waals surface area contributed by atoms with Crippen LogP contribution in [0, 0.1) is 0 Å². The third-order valence-electron chi connectivity index (χ3n) is 3.70. The number of urea groups is 1. The molecule has 1 aromatic carbocycles. The maximum atomic E-state index is 12.4. The van der Waals surface area contributed by atoms with Gasteiger partial charge in [-0.3, -0.25) is 4.98 Å². The molecule has 6 nitrogen and oxygen atoms in total. The van der Waals surface area contributed by atoms with E-state index in [1.165, 1.54) is 0 Å². The van der Waals surface area contributed by atoms with Crippen LogP contribution in [0.3, 0.4) is 0 Å². The van der Waals surface area contributed by atoms with Crippen molar-refractivity contribution in [1.82, 2.24) is 9.88 Å². The number of morpholine rings is 1. The van der Waals surface area contributed by atoms with Gasteiger partial charge in [0.15, 0.2) is 0 Å². The molecule has 1 aromatic heterocycles. The van der Waals surface area contributed by atoms with Crippen molar-refractivity contribution in [3.63, 3.8) is 0 Å². The minimum Gasteiger partial charge on any atom is -0.457 e. The molecule has 2 heterocycles. The smallest absolute Gasteiger partial charge is 0.322 e. The van der Waals surface area contributed by atoms with E-state index in [2.05, 4.69) is 10.3 Å². The van der Waals surface area contributed by atoms with E-state index in [0.29, 0.717) is 25.4 Å². The zero-order valence-electron chi connectivity index (χ0n) is 13.9. The Hall–Kier alpha value is -2.60. The molecule has 0 bridgehead atoms. The van der Waals surface area contributed by atoms with E-state index in [4.69, 9.17) is 9.47 Å². The third-order valence-corrected chi connectivity index (χ3v) is 3.70. The van der Waals surface area contributed by atoms with Gasteiger partial charge >= 0.3 is 6.03 Å². The molecule has 3 rings (SSSR count). The van der Waals surface area contributed by atoms with Gasteiger partial charge in [-0.1, -0.05) is 0 Å². The van der Waals surface area contributed by atoms with Crippen LogP contribution in [0.5, 0.6) is 11.5 Å². The highest BCUT2D eigenvalue weighted by Crippen LogP contribution is 2.23. The Morgan fingerprint density at radius 1 is 1.17 bits per heavy atom. The Balaban J connectivity index is 1.59. The number of hydrogen-bond acceptors (Lipinski definition) is 4. The summed E-state index contributed by atoms with van der Waals surface area (Å²) in [5.41, 5.74) is 0.420. The molecule has 0 spiro atoms. The first-order valence-corrected chi connectivity index (χ1v) is 7.90. The summed E-state index contributed by atoms with van der Waals surface area (Å²) in [6.45, 7) is 5.69. The van der Waals surface area contributed by atoms with E-state index in [1.807, 2.05) is 38.1 Å². The van der Waals surface area contributed by atoms with Crippen LogP contribution in [0.25, 0.3) is 0 Å². The number of aromatic nitrogens is 1. The van der Waals surface area contributed by atoms with Crippen molar-refractivity contribution in [1.29, 1.82) is 0 Å². The van der Waals surface area contributed by atoms with Crippen LogP contribution >= 0.6 is 0 Å². The molecule has 0 aliphatic carbocycles. The summed E-state index contributed by atoms with van der Waals surface area (Å²) >= 11 is 0. The predicted octanol–water partition coefficient (Wildman–Crippen LogP) is 3.52. The number of nitrogens with one attached hydrogen (secondary N) is 1. The second kappa shape index (κ2) is 6.88. The highest BCUT2D eigenvalue weighted by Gasteiger charge is 2.29. The summed E-state index contributed by atoms with van der Waals surface area (Å²) in [7, 11) is 0. The van der Waals surface area contributed by atoms with E-state index < -0.39 is 0 Å². The fourth-order valence-electron chi connectivity index (χ4n) is 2.54. The minimum absolute atomic E-state index is 0.117. The van der Waals surface area contributed by atoms with Crippen molar-refractivity contribution in [2.75, 3.05) is 25.0 Å². The predicted molar refractivity (Wildman–Crippen MR) is 91.4 cm³/mol. The highest BCUT2D eigenvalue weighted by atomic mass is 16.5. The highest BCUT2D eigenvalue weighted by molar-refractivity contribution is 5.89. The molecule has 0 radical (unpaired) electrons. The molecule has 24 heavy (non-hydrogen) atoms. The van der Waals surface area contributed by atoms with Crippen molar-refractivity contribution in [2.45, 2.75) is 19.4 Å². The van der Waals surface area contributed by atoms with Gasteiger partial charge in [-0.25, -0.2) is 4.79 Å². The van der Waals surface area contributed by atoms with E-state index in [1.54, 1.807) is 29.4 Å². The third kappa shape index (κ3) is 4.23. The zero-order valence-corrected chi connectivity index (χ0v) is 13.9. The van der Waals surface area contributed by atoms with Gasteiger partial charge in [0.1, 0.15) is 11.5 Å². The molecule has 1 aliphatic rings. The Morgan fingerprint density at radius 3 is 2.50 bits per heavy atom. The minimum atomic E-state index is -0.308. The van der Waals surface area contributed by atoms with Crippen molar-refractivity contribution in [2.24, 2.45) is 0 Å². The van der Waals surface area contributed by atoms with E-state index in [-0.39, 0.29) is 11.6 Å². The van der Waals surface area contributed by atoms with Crippen LogP contribution in [-0.4, -0.2) is 41.2 Å². The molecule has 1 N–H and O–H groups in total. The van der Waals surface area contributed by atoms with Gasteiger partial charge in [-0.2, -0.15) is 0 Å². The summed E-state index contributed by atoms with van der Waals surface area (Å²) in [4.78, 5) is 18.1. The van der Waals surface area contributed by atoms with Crippen molar-refractivity contribution in [3.8, 4) is 11.5 Å². The largest absolute Gasteiger partial charge is 0.457 e. The number of hydrogen-bond donors (Lipinski definition) is 1. The average molecular weight is 327 g/mol. The topological polar surface area (TPSA) is 63.7 Å². The van der Waals surface area contributed by atoms with Crippen LogP contribution in [-0.2, 0) is 4.74 Å². The van der Waals surface area contributed by atoms with E-state index in [0.717, 1.165) is 11.4 Å². The second-order valence-electron chi connectivity index (χ2n) is 6.27. The summed E-state index contributed by atoms with van der Waals surface area (Å²) in [6.07, 6.45) is 3.35. The van der Waals surface area contributed by atoms with Crippen molar-refractivity contribution in [3.05, 3.63) is 48.8 Å². The standard InChI is InChI=1S/C18H21N3O3/c1-18(2)13-21(11-12-23-18)17(22)20-14-3-5-15(6-4-14)24-16-7-9-19-10-8-16/h3-10H,11-13H2,1-2H3,(H,20,22). The number of benzene rings is 1. The number of carbonyl (C=O) groups excluding carboxylic acids is 1. The lowest BCUT2D eigenvalue weighted by atomic mass is 10.1.